The number of nitrogens with one attached hydrogen (secondary N) is 1. The maximum Gasteiger partial charge on any atom is 0.413 e. The molecular formula is C14H20ClN3O6. The fraction of sp³-hybridized carbons (Fsp3) is 0.643. The molecule has 1 aliphatic rings. The minimum absolute atomic E-state index is 0.00701. The fourth-order valence-electron chi connectivity index (χ4n) is 2.17. The average molecular weight is 362 g/mol. The molecule has 9 nitrogen and oxygen atoms in total. The van der Waals surface area contributed by atoms with Crippen LogP contribution in [0.25, 0.3) is 0 Å². The molecule has 0 saturated carbocycles. The van der Waals surface area contributed by atoms with Crippen molar-refractivity contribution in [3.05, 3.63) is 22.7 Å². The first-order valence-electron chi connectivity index (χ1n) is 7.29. The summed E-state index contributed by atoms with van der Waals surface area (Å²) in [7, 11) is 0. The largest absolute Gasteiger partial charge is 0.444 e. The zero-order valence-corrected chi connectivity index (χ0v) is 14.2. The van der Waals surface area contributed by atoms with Crippen molar-refractivity contribution in [3.8, 4) is 0 Å². The third kappa shape index (κ3) is 4.23. The smallest absolute Gasteiger partial charge is 0.413 e. The van der Waals surface area contributed by atoms with Gasteiger partial charge < -0.3 is 19.7 Å². The minimum Gasteiger partial charge on any atom is -0.444 e. The van der Waals surface area contributed by atoms with E-state index in [1.54, 1.807) is 20.8 Å². The summed E-state index contributed by atoms with van der Waals surface area (Å²) in [5, 5.41) is 22.1. The Labute approximate surface area is 143 Å². The normalized spacial score (nSPS) is 27.1. The lowest BCUT2D eigenvalue weighted by Crippen LogP contribution is -2.36. The highest BCUT2D eigenvalue weighted by Crippen LogP contribution is 2.28. The maximum absolute atomic E-state index is 12.1. The second kappa shape index (κ2) is 7.06. The van der Waals surface area contributed by atoms with Crippen molar-refractivity contribution in [3.63, 3.8) is 0 Å². The van der Waals surface area contributed by atoms with Crippen molar-refractivity contribution < 1.29 is 24.5 Å². The summed E-state index contributed by atoms with van der Waals surface area (Å²) in [5.41, 5.74) is -1.46. The standard InChI is InChI=1S/C14H20ClN3O6/c1-14(2,3)24-13(22)17-8-4-5-18(12(21)16-8)11-10(20)9(19)7(6-15)23-11/h4-5,7,9-11,19-20H,6H2,1-3H3,(H,16,17,21,22)/t7-,9-,10-,11-/m0/s1. The van der Waals surface area contributed by atoms with Gasteiger partial charge in [-0.05, 0) is 26.8 Å². The number of anilines is 1. The fourth-order valence-corrected chi connectivity index (χ4v) is 2.43. The molecule has 0 unspecified atom stereocenters. The van der Waals surface area contributed by atoms with Gasteiger partial charge in [-0.2, -0.15) is 4.98 Å². The number of hydrogen-bond acceptors (Lipinski definition) is 7. The van der Waals surface area contributed by atoms with E-state index in [-0.39, 0.29) is 11.7 Å². The topological polar surface area (TPSA) is 123 Å². The zero-order valence-electron chi connectivity index (χ0n) is 13.5. The van der Waals surface area contributed by atoms with Crippen LogP contribution >= 0.6 is 11.6 Å². The summed E-state index contributed by atoms with van der Waals surface area (Å²) in [6.45, 7) is 5.11. The van der Waals surface area contributed by atoms with Crippen LogP contribution in [0.15, 0.2) is 17.1 Å². The predicted molar refractivity (Wildman–Crippen MR) is 85.0 cm³/mol. The Kier molecular flexibility index (Phi) is 5.49. The van der Waals surface area contributed by atoms with Crippen molar-refractivity contribution in [1.82, 2.24) is 9.55 Å². The van der Waals surface area contributed by atoms with Crippen molar-refractivity contribution in [2.45, 2.75) is 50.9 Å². The van der Waals surface area contributed by atoms with Crippen LogP contribution in [0.3, 0.4) is 0 Å². The van der Waals surface area contributed by atoms with Crippen LogP contribution in [0.2, 0.25) is 0 Å². The Morgan fingerprint density at radius 2 is 2.12 bits per heavy atom. The quantitative estimate of drug-likeness (QED) is 0.668. The van der Waals surface area contributed by atoms with Gasteiger partial charge in [0.1, 0.15) is 29.7 Å². The molecule has 1 amide bonds. The molecule has 0 aromatic carbocycles. The highest BCUT2D eigenvalue weighted by Gasteiger charge is 2.43. The minimum atomic E-state index is -1.32. The van der Waals surface area contributed by atoms with Gasteiger partial charge in [0.15, 0.2) is 6.23 Å². The number of aliphatic hydroxyl groups excluding tert-OH is 2. The molecule has 1 aromatic heterocycles. The zero-order chi connectivity index (χ0) is 18.1. The van der Waals surface area contributed by atoms with E-state index in [0.29, 0.717) is 0 Å². The number of hydrogen-bond donors (Lipinski definition) is 3. The molecule has 1 saturated heterocycles. The Bertz CT molecular complexity index is 659. The summed E-state index contributed by atoms with van der Waals surface area (Å²) >= 11 is 5.64. The second-order valence-electron chi connectivity index (χ2n) is 6.33. The number of carbonyl (C=O) groups is 1. The summed E-state index contributed by atoms with van der Waals surface area (Å²) in [6, 6.07) is 1.35. The van der Waals surface area contributed by atoms with E-state index >= 15 is 0 Å². The molecular weight excluding hydrogens is 342 g/mol. The molecule has 1 aromatic rings. The first kappa shape index (κ1) is 18.7. The van der Waals surface area contributed by atoms with Crippen LogP contribution in [-0.2, 0) is 9.47 Å². The average Bonchev–Trinajstić information content (AvgIpc) is 2.73. The van der Waals surface area contributed by atoms with E-state index in [2.05, 4.69) is 10.3 Å². The van der Waals surface area contributed by atoms with Gasteiger partial charge in [-0.1, -0.05) is 0 Å². The van der Waals surface area contributed by atoms with E-state index in [9.17, 15) is 19.8 Å². The van der Waals surface area contributed by atoms with Crippen LogP contribution in [0.5, 0.6) is 0 Å². The number of aromatic nitrogens is 2. The highest BCUT2D eigenvalue weighted by molar-refractivity contribution is 6.18. The van der Waals surface area contributed by atoms with E-state index in [0.717, 1.165) is 4.57 Å². The first-order chi connectivity index (χ1) is 11.1. The van der Waals surface area contributed by atoms with E-state index in [1.807, 2.05) is 0 Å². The summed E-state index contributed by atoms with van der Waals surface area (Å²) in [4.78, 5) is 27.4. The van der Waals surface area contributed by atoms with Crippen LogP contribution in [0, 0.1) is 0 Å². The number of rotatable bonds is 3. The van der Waals surface area contributed by atoms with Gasteiger partial charge in [-0.25, -0.2) is 9.59 Å². The van der Waals surface area contributed by atoms with Gasteiger partial charge in [0.2, 0.25) is 0 Å². The molecule has 134 valence electrons. The van der Waals surface area contributed by atoms with E-state index in [4.69, 9.17) is 21.1 Å². The number of nitrogens with zero attached hydrogens (tertiary/aromatic N) is 2. The highest BCUT2D eigenvalue weighted by atomic mass is 35.5. The molecule has 0 spiro atoms. The number of ether oxygens (including phenoxy) is 2. The number of halogens is 1. The molecule has 4 atom stereocenters. The van der Waals surface area contributed by atoms with Crippen LogP contribution in [0.4, 0.5) is 10.6 Å². The summed E-state index contributed by atoms with van der Waals surface area (Å²) in [5.74, 6) is -0.0396. The Morgan fingerprint density at radius 3 is 2.62 bits per heavy atom. The van der Waals surface area contributed by atoms with Gasteiger partial charge >= 0.3 is 11.8 Å². The summed E-state index contributed by atoms with van der Waals surface area (Å²) in [6.07, 6.45) is -3.89. The lowest BCUT2D eigenvalue weighted by atomic mass is 10.1. The third-order valence-corrected chi connectivity index (χ3v) is 3.53. The van der Waals surface area contributed by atoms with Gasteiger partial charge in [-0.3, -0.25) is 9.88 Å². The SMILES string of the molecule is CC(C)(C)OC(=O)Nc1ccn([C@H]2O[C@@H](CCl)[C@H](O)[C@@H]2O)c(=O)n1. The van der Waals surface area contributed by atoms with E-state index < -0.39 is 41.9 Å². The van der Waals surface area contributed by atoms with Crippen molar-refractivity contribution in [1.29, 1.82) is 0 Å². The van der Waals surface area contributed by atoms with Crippen molar-refractivity contribution >= 4 is 23.5 Å². The van der Waals surface area contributed by atoms with Crippen LogP contribution in [0.1, 0.15) is 27.0 Å². The maximum atomic E-state index is 12.1. The Morgan fingerprint density at radius 1 is 1.46 bits per heavy atom. The van der Waals surface area contributed by atoms with Gasteiger partial charge in [0.25, 0.3) is 0 Å². The van der Waals surface area contributed by atoms with E-state index in [1.165, 1.54) is 12.3 Å². The van der Waals surface area contributed by atoms with Crippen LogP contribution in [-0.4, -0.2) is 55.7 Å². The molecule has 0 aliphatic carbocycles. The second-order valence-corrected chi connectivity index (χ2v) is 6.64. The van der Waals surface area contributed by atoms with Gasteiger partial charge in [0.05, 0.1) is 5.88 Å². The predicted octanol–water partition coefficient (Wildman–Crippen LogP) is 0.448. The van der Waals surface area contributed by atoms with Crippen molar-refractivity contribution in [2.75, 3.05) is 11.2 Å². The number of amides is 1. The lowest BCUT2D eigenvalue weighted by Gasteiger charge is -2.20. The number of carbonyl (C=O) groups excluding carboxylic acids is 1. The van der Waals surface area contributed by atoms with Crippen LogP contribution < -0.4 is 11.0 Å². The van der Waals surface area contributed by atoms with Gasteiger partial charge in [-0.15, -0.1) is 11.6 Å². The lowest BCUT2D eigenvalue weighted by molar-refractivity contribution is -0.0342. The molecule has 1 fully saturated rings. The molecule has 0 radical (unpaired) electrons. The first-order valence-corrected chi connectivity index (χ1v) is 7.82. The van der Waals surface area contributed by atoms with Crippen molar-refractivity contribution in [2.24, 2.45) is 0 Å². The molecule has 24 heavy (non-hydrogen) atoms. The molecule has 2 heterocycles. The molecule has 1 aliphatic heterocycles. The van der Waals surface area contributed by atoms with Gasteiger partial charge in [0, 0.05) is 6.20 Å². The molecule has 3 N–H and O–H groups in total. The Balaban J connectivity index is 2.13. The monoisotopic (exact) mass is 361 g/mol. The third-order valence-electron chi connectivity index (χ3n) is 3.22. The number of aliphatic hydroxyl groups is 2. The molecule has 0 bridgehead atoms. The molecule has 10 heteroatoms. The summed E-state index contributed by atoms with van der Waals surface area (Å²) < 4.78 is 11.4. The Hall–Kier alpha value is -1.68. The molecule has 2 rings (SSSR count). The number of alkyl halides is 1.